The maximum Gasteiger partial charge on any atom is 0.309 e. The van der Waals surface area contributed by atoms with Gasteiger partial charge in [0.25, 0.3) is 0 Å². The highest BCUT2D eigenvalue weighted by Crippen LogP contribution is 2.39. The fraction of sp³-hybridized carbons (Fsp3) is 0.800. The average molecular weight is 382 g/mol. The maximum atomic E-state index is 11.6. The minimum absolute atomic E-state index is 0. The molecule has 26 heavy (non-hydrogen) atoms. The summed E-state index contributed by atoms with van der Waals surface area (Å²) in [7, 11) is 0. The molecule has 0 unspecified atom stereocenters. The van der Waals surface area contributed by atoms with Gasteiger partial charge in [-0.3, -0.25) is 14.6 Å². The maximum absolute atomic E-state index is 11.6. The van der Waals surface area contributed by atoms with E-state index in [0.717, 1.165) is 12.8 Å². The van der Waals surface area contributed by atoms with Crippen molar-refractivity contribution in [3.63, 3.8) is 0 Å². The molecular weight excluding hydrogens is 348 g/mol. The Kier molecular flexibility index (Phi) is 15.0. The van der Waals surface area contributed by atoms with Crippen molar-refractivity contribution < 1.29 is 36.2 Å². The highest BCUT2D eigenvalue weighted by atomic mass is 16.4. The molecule has 0 aliphatic heterocycles. The van der Waals surface area contributed by atoms with E-state index in [-0.39, 0.29) is 40.7 Å². The molecule has 0 aromatic carbocycles. The Morgan fingerprint density at radius 2 is 1.81 bits per heavy atom. The summed E-state index contributed by atoms with van der Waals surface area (Å²) < 4.78 is 0. The lowest BCUT2D eigenvalue weighted by atomic mass is 9.80. The first kappa shape index (κ1) is 29.0. The monoisotopic (exact) mass is 382 g/mol. The fourth-order valence-corrected chi connectivity index (χ4v) is 3.61. The zero-order valence-electron chi connectivity index (χ0n) is 15.4. The highest BCUT2D eigenvalue weighted by Gasteiger charge is 2.50. The Labute approximate surface area is 153 Å². The summed E-state index contributed by atoms with van der Waals surface area (Å²) in [5.74, 6) is 2.72. The third-order valence-corrected chi connectivity index (χ3v) is 4.75. The van der Waals surface area contributed by atoms with Crippen LogP contribution in [0.1, 0.15) is 40.0 Å². The van der Waals surface area contributed by atoms with Crippen molar-refractivity contribution in [1.82, 2.24) is 10.7 Å². The van der Waals surface area contributed by atoms with Gasteiger partial charge in [-0.15, -0.1) is 0 Å². The molecule has 1 amide bonds. The smallest absolute Gasteiger partial charge is 0.309 e. The Balaban J connectivity index is -0.00000176. The van der Waals surface area contributed by atoms with Crippen LogP contribution in [-0.2, 0) is 9.59 Å². The lowest BCUT2D eigenvalue weighted by Gasteiger charge is -2.35. The number of aliphatic carboxylic acids is 1. The normalized spacial score (nSPS) is 25.6. The Hall–Kier alpha value is -1.79. The Morgan fingerprint density at radius 3 is 2.19 bits per heavy atom. The molecule has 1 aliphatic carbocycles. The van der Waals surface area contributed by atoms with Gasteiger partial charge in [0.2, 0.25) is 5.91 Å². The van der Waals surface area contributed by atoms with Crippen molar-refractivity contribution in [2.24, 2.45) is 28.6 Å². The first-order valence-electron chi connectivity index (χ1n) is 8.03. The zero-order valence-corrected chi connectivity index (χ0v) is 15.4. The molecule has 12 N–H and O–H groups in total. The lowest BCUT2D eigenvalue weighted by molar-refractivity contribution is -0.145. The number of carboxylic acids is 1. The number of carboxylic acid groups (broad SMARTS) is 1. The quantitative estimate of drug-likeness (QED) is 0.130. The van der Waals surface area contributed by atoms with Crippen LogP contribution in [0.2, 0.25) is 0 Å². The van der Waals surface area contributed by atoms with Crippen LogP contribution < -0.4 is 16.6 Å². The average Bonchev–Trinajstić information content (AvgIpc) is 2.81. The van der Waals surface area contributed by atoms with Gasteiger partial charge in [-0.1, -0.05) is 26.7 Å². The largest absolute Gasteiger partial charge is 0.481 e. The summed E-state index contributed by atoms with van der Waals surface area (Å²) in [5, 5.41) is 22.8. The topological polar surface area (TPSA) is 232 Å². The minimum Gasteiger partial charge on any atom is -0.481 e. The summed E-state index contributed by atoms with van der Waals surface area (Å²) >= 11 is 0. The van der Waals surface area contributed by atoms with Crippen LogP contribution in [-0.4, -0.2) is 63.0 Å². The molecule has 5 atom stereocenters. The lowest BCUT2D eigenvalue weighted by Crippen LogP contribution is -2.50. The fourth-order valence-electron chi connectivity index (χ4n) is 3.61. The van der Waals surface area contributed by atoms with Crippen molar-refractivity contribution in [3.8, 4) is 0 Å². The van der Waals surface area contributed by atoms with Gasteiger partial charge in [0.1, 0.15) is 0 Å². The standard InChI is InChI=1S/C15H28N4O4.3H2O/c1-4-9(5-2)13(19-8(3)20)12-11(17-7-18-16)6-10(14(12)21)15(22)23;;;/h7,9-14,21H,4-6,16H2,1-3H3,(H,17,18)(H,19,20)(H,22,23);3*1H2/t10-,11+,12+,13-,14+;;;/m0.../s1. The molecular formula is C15H34N4O7. The number of amides is 1. The number of hydrogen-bond donors (Lipinski definition) is 5. The Bertz CT molecular complexity index is 446. The van der Waals surface area contributed by atoms with Crippen LogP contribution in [0.4, 0.5) is 0 Å². The van der Waals surface area contributed by atoms with Crippen LogP contribution in [0.25, 0.3) is 0 Å². The van der Waals surface area contributed by atoms with E-state index < -0.39 is 30.0 Å². The number of hydrazine groups is 1. The molecule has 11 nitrogen and oxygen atoms in total. The number of aliphatic imine (C=N–C) groups is 1. The van der Waals surface area contributed by atoms with E-state index in [2.05, 4.69) is 15.7 Å². The van der Waals surface area contributed by atoms with Crippen molar-refractivity contribution in [2.75, 3.05) is 0 Å². The summed E-state index contributed by atoms with van der Waals surface area (Å²) in [4.78, 5) is 27.3. The molecule has 0 aromatic rings. The van der Waals surface area contributed by atoms with Crippen LogP contribution in [0.5, 0.6) is 0 Å². The minimum atomic E-state index is -1.06. The van der Waals surface area contributed by atoms with Gasteiger partial charge in [-0.25, -0.2) is 5.84 Å². The molecule has 156 valence electrons. The number of carbonyl (C=O) groups excluding carboxylic acids is 1. The summed E-state index contributed by atoms with van der Waals surface area (Å²) in [5.41, 5.74) is 2.30. The predicted octanol–water partition coefficient (Wildman–Crippen LogP) is -2.60. The first-order chi connectivity index (χ1) is 10.9. The third-order valence-electron chi connectivity index (χ3n) is 4.75. The second kappa shape index (κ2) is 13.4. The van der Waals surface area contributed by atoms with Crippen LogP contribution in [0.15, 0.2) is 4.99 Å². The number of nitrogens with one attached hydrogen (secondary N) is 2. The molecule has 0 radical (unpaired) electrons. The number of rotatable bonds is 8. The summed E-state index contributed by atoms with van der Waals surface area (Å²) in [6.45, 7) is 5.45. The van der Waals surface area contributed by atoms with E-state index in [1.165, 1.54) is 13.3 Å². The number of nitrogens with zero attached hydrogens (tertiary/aromatic N) is 1. The van der Waals surface area contributed by atoms with Crippen LogP contribution >= 0.6 is 0 Å². The first-order valence-corrected chi connectivity index (χ1v) is 8.03. The highest BCUT2D eigenvalue weighted by molar-refractivity contribution is 5.74. The zero-order chi connectivity index (χ0) is 17.6. The van der Waals surface area contributed by atoms with Gasteiger partial charge in [-0.2, -0.15) is 0 Å². The van der Waals surface area contributed by atoms with E-state index >= 15 is 0 Å². The van der Waals surface area contributed by atoms with Crippen molar-refractivity contribution in [1.29, 1.82) is 0 Å². The van der Waals surface area contributed by atoms with E-state index in [1.807, 2.05) is 13.8 Å². The van der Waals surface area contributed by atoms with Crippen LogP contribution in [0.3, 0.4) is 0 Å². The van der Waals surface area contributed by atoms with E-state index in [4.69, 9.17) is 5.84 Å². The SMILES string of the molecule is CCC(CC)[C@H](NC(C)=O)[C@@H]1[C@H](O)[C@@H](C(=O)O)C[C@H]1N=CNN.O.O.O. The number of hydrogen-bond acceptors (Lipinski definition) is 5. The number of aliphatic hydroxyl groups is 1. The molecule has 1 aliphatic rings. The van der Waals surface area contributed by atoms with Gasteiger partial charge >= 0.3 is 5.97 Å². The Morgan fingerprint density at radius 1 is 1.27 bits per heavy atom. The molecule has 1 fully saturated rings. The summed E-state index contributed by atoms with van der Waals surface area (Å²) in [6.07, 6.45) is 2.08. The van der Waals surface area contributed by atoms with Crippen molar-refractivity contribution >= 4 is 18.2 Å². The van der Waals surface area contributed by atoms with Crippen molar-refractivity contribution in [2.45, 2.75) is 58.2 Å². The molecule has 0 aromatic heterocycles. The molecule has 11 heteroatoms. The molecule has 1 saturated carbocycles. The van der Waals surface area contributed by atoms with Crippen LogP contribution in [0, 0.1) is 17.8 Å². The van der Waals surface area contributed by atoms with Gasteiger partial charge in [0, 0.05) is 18.9 Å². The summed E-state index contributed by atoms with van der Waals surface area (Å²) in [6, 6.07) is -0.749. The molecule has 0 bridgehead atoms. The van der Waals surface area contributed by atoms with Gasteiger partial charge in [-0.05, 0) is 12.3 Å². The molecule has 1 rings (SSSR count). The molecule has 0 spiro atoms. The van der Waals surface area contributed by atoms with E-state index in [1.54, 1.807) is 0 Å². The van der Waals surface area contributed by atoms with Gasteiger partial charge < -0.3 is 37.4 Å². The second-order valence-corrected chi connectivity index (χ2v) is 6.06. The number of nitrogens with two attached hydrogens (primary N) is 1. The molecule has 0 heterocycles. The predicted molar refractivity (Wildman–Crippen MR) is 97.4 cm³/mol. The van der Waals surface area contributed by atoms with Gasteiger partial charge in [0.05, 0.1) is 24.4 Å². The third kappa shape index (κ3) is 6.84. The second-order valence-electron chi connectivity index (χ2n) is 6.06. The van der Waals surface area contributed by atoms with Gasteiger partial charge in [0.15, 0.2) is 0 Å². The van der Waals surface area contributed by atoms with E-state index in [9.17, 15) is 19.8 Å². The number of aliphatic hydroxyl groups excluding tert-OH is 1. The molecule has 0 saturated heterocycles. The number of carbonyl (C=O) groups is 2. The van der Waals surface area contributed by atoms with Crippen molar-refractivity contribution in [3.05, 3.63) is 0 Å². The van der Waals surface area contributed by atoms with E-state index in [0.29, 0.717) is 0 Å².